The summed E-state index contributed by atoms with van der Waals surface area (Å²) in [5.41, 5.74) is 11.9. The Balaban J connectivity index is 1.53. The lowest BCUT2D eigenvalue weighted by molar-refractivity contribution is -0.127. The average Bonchev–Trinajstić information content (AvgIpc) is 3.49. The van der Waals surface area contributed by atoms with Gasteiger partial charge in [-0.3, -0.25) is 14.5 Å². The van der Waals surface area contributed by atoms with Gasteiger partial charge in [-0.2, -0.15) is 0 Å². The Bertz CT molecular complexity index is 1560. The molecule has 0 bridgehead atoms. The molecule has 2 fully saturated rings. The molecule has 10 heteroatoms. The molecule has 1 unspecified atom stereocenters. The van der Waals surface area contributed by atoms with Crippen molar-refractivity contribution < 1.29 is 34.8 Å². The van der Waals surface area contributed by atoms with Crippen LogP contribution >= 0.6 is 0 Å². The van der Waals surface area contributed by atoms with Crippen molar-refractivity contribution >= 4 is 23.5 Å². The quantitative estimate of drug-likeness (QED) is 0.320. The van der Waals surface area contributed by atoms with Gasteiger partial charge < -0.3 is 36.6 Å². The van der Waals surface area contributed by atoms with E-state index in [0.29, 0.717) is 12.0 Å². The Morgan fingerprint density at radius 1 is 1.18 bits per heavy atom. The number of hydrogen-bond acceptors (Lipinski definition) is 9. The minimum atomic E-state index is -2.41. The number of phenols is 1. The highest BCUT2D eigenvalue weighted by atomic mass is 16.8. The zero-order valence-electron chi connectivity index (χ0n) is 21.4. The van der Waals surface area contributed by atoms with E-state index in [2.05, 4.69) is 0 Å². The summed E-state index contributed by atoms with van der Waals surface area (Å²) in [4.78, 5) is 28.1. The molecule has 1 aliphatic heterocycles. The van der Waals surface area contributed by atoms with Crippen LogP contribution in [-0.2, 0) is 20.7 Å². The number of fused-ring (bicyclic) bond motifs is 2. The zero-order chi connectivity index (χ0) is 28.0. The van der Waals surface area contributed by atoms with E-state index in [9.17, 15) is 30.0 Å². The summed E-state index contributed by atoms with van der Waals surface area (Å²) in [5, 5.41) is 44.7. The Morgan fingerprint density at radius 2 is 1.92 bits per heavy atom. The van der Waals surface area contributed by atoms with Gasteiger partial charge >= 0.3 is 0 Å². The van der Waals surface area contributed by atoms with Gasteiger partial charge in [0.05, 0.1) is 11.6 Å². The number of rotatable bonds is 4. The van der Waals surface area contributed by atoms with Crippen LogP contribution in [0.5, 0.6) is 5.75 Å². The van der Waals surface area contributed by atoms with Crippen molar-refractivity contribution in [1.82, 2.24) is 4.90 Å². The van der Waals surface area contributed by atoms with Crippen LogP contribution in [0.15, 0.2) is 59.5 Å². The number of likely N-dealkylation sites (N-methyl/N-ethyl adjacent to an activating group) is 1. The van der Waals surface area contributed by atoms with Crippen LogP contribution in [0.25, 0.3) is 23.0 Å². The van der Waals surface area contributed by atoms with Gasteiger partial charge in [-0.05, 0) is 79.5 Å². The second-order valence-electron chi connectivity index (χ2n) is 10.8. The molecule has 10 nitrogen and oxygen atoms in total. The number of nitrogens with two attached hydrogens (primary N) is 2. The van der Waals surface area contributed by atoms with E-state index in [1.807, 2.05) is 24.3 Å². The fourth-order valence-corrected chi connectivity index (χ4v) is 7.05. The van der Waals surface area contributed by atoms with Gasteiger partial charge in [0, 0.05) is 11.5 Å². The molecule has 1 heterocycles. The lowest BCUT2D eigenvalue weighted by Gasteiger charge is -2.46. The fourth-order valence-electron chi connectivity index (χ4n) is 7.05. The SMILES string of the molecule is CN(C)[C@@H]1C(O)=C(C(N)=O)C2(O)O[C@@]23C(=O)C2=C(O)c4c(O)ccc(-c5cccc(/C=C/N)c5)c4C[C@H]2C[C@@H]13. The molecule has 0 radical (unpaired) electrons. The monoisotopic (exact) mass is 531 g/mol. The zero-order valence-corrected chi connectivity index (χ0v) is 21.4. The number of aromatic hydroxyl groups is 1. The first-order valence-corrected chi connectivity index (χ1v) is 12.6. The van der Waals surface area contributed by atoms with Gasteiger partial charge in [0.1, 0.15) is 22.8 Å². The number of Topliss-reactive ketones (excluding diaryl/α,β-unsaturated/α-hetero) is 1. The standard InChI is InChI=1S/C29H29N3O7/c1-32(2)23-18-12-15-11-17-16(14-5-3-4-13(10-14)8-9-30)6-7-19(33)21(17)24(34)20(15)26(36)28(18)29(38,39-28)22(25(23)35)27(31)37/h3-10,15,18,23,33-35,38H,11-12,30H2,1-2H3,(H2,31,37)/b9-8+/t15-,18-,23-,28-,29?/m0/s1. The predicted octanol–water partition coefficient (Wildman–Crippen LogP) is 1.72. The van der Waals surface area contributed by atoms with E-state index < -0.39 is 58.0 Å². The Morgan fingerprint density at radius 3 is 2.59 bits per heavy atom. The largest absolute Gasteiger partial charge is 0.510 e. The molecule has 5 atom stereocenters. The Hall–Kier alpha value is -4.12. The molecular weight excluding hydrogens is 502 g/mol. The molecule has 8 N–H and O–H groups in total. The first-order chi connectivity index (χ1) is 18.5. The number of nitrogens with zero attached hydrogens (tertiary/aromatic N) is 1. The van der Waals surface area contributed by atoms with E-state index in [1.54, 1.807) is 31.1 Å². The van der Waals surface area contributed by atoms with Gasteiger partial charge in [-0.25, -0.2) is 0 Å². The number of phenolic OH excluding ortho intramolecular Hbond substituents is 1. The topological polar surface area (TPSA) is 183 Å². The smallest absolute Gasteiger partial charge is 0.253 e. The number of amides is 1. The van der Waals surface area contributed by atoms with Crippen LogP contribution in [-0.4, -0.2) is 68.5 Å². The second-order valence-corrected chi connectivity index (χ2v) is 10.8. The highest BCUT2D eigenvalue weighted by Crippen LogP contribution is 2.67. The number of carbonyl (C=O) groups excluding carboxylic acids is 2. The van der Waals surface area contributed by atoms with Gasteiger partial charge in [0.25, 0.3) is 5.91 Å². The second kappa shape index (κ2) is 8.19. The molecule has 2 aromatic rings. The number of carbonyl (C=O) groups is 2. The molecule has 4 aliphatic rings. The van der Waals surface area contributed by atoms with Crippen molar-refractivity contribution in [2.24, 2.45) is 23.3 Å². The number of epoxide rings is 1. The van der Waals surface area contributed by atoms with Crippen molar-refractivity contribution in [2.45, 2.75) is 30.3 Å². The first kappa shape index (κ1) is 25.2. The van der Waals surface area contributed by atoms with Crippen LogP contribution in [0.2, 0.25) is 0 Å². The molecule has 1 amide bonds. The number of ether oxygens (including phenoxy) is 1. The van der Waals surface area contributed by atoms with Crippen molar-refractivity contribution in [3.63, 3.8) is 0 Å². The van der Waals surface area contributed by atoms with Crippen LogP contribution < -0.4 is 11.5 Å². The van der Waals surface area contributed by atoms with Crippen LogP contribution in [0.3, 0.4) is 0 Å². The van der Waals surface area contributed by atoms with Gasteiger partial charge in [0.2, 0.25) is 11.6 Å². The number of aliphatic hydroxyl groups excluding tert-OH is 2. The minimum absolute atomic E-state index is 0.0182. The Labute approximate surface area is 224 Å². The molecule has 202 valence electrons. The van der Waals surface area contributed by atoms with Crippen molar-refractivity contribution in [3.05, 3.63) is 76.2 Å². The van der Waals surface area contributed by atoms with Crippen LogP contribution in [0, 0.1) is 11.8 Å². The highest BCUT2D eigenvalue weighted by molar-refractivity contribution is 6.14. The Kier molecular flexibility index (Phi) is 5.29. The van der Waals surface area contributed by atoms with E-state index >= 15 is 0 Å². The third-order valence-corrected chi connectivity index (χ3v) is 8.60. The summed E-state index contributed by atoms with van der Waals surface area (Å²) in [6.45, 7) is 0. The maximum Gasteiger partial charge on any atom is 0.253 e. The molecule has 3 aliphatic carbocycles. The lowest BCUT2D eigenvalue weighted by atomic mass is 9.58. The summed E-state index contributed by atoms with van der Waals surface area (Å²) in [6.07, 6.45) is 3.75. The van der Waals surface area contributed by atoms with Crippen LogP contribution in [0.4, 0.5) is 0 Å². The van der Waals surface area contributed by atoms with E-state index in [4.69, 9.17) is 16.2 Å². The number of benzene rings is 2. The number of hydrogen-bond donors (Lipinski definition) is 6. The summed E-state index contributed by atoms with van der Waals surface area (Å²) in [5.74, 6) is -6.47. The minimum Gasteiger partial charge on any atom is -0.510 e. The maximum absolute atomic E-state index is 14.1. The number of primary amides is 1. The molecule has 39 heavy (non-hydrogen) atoms. The lowest BCUT2D eigenvalue weighted by Crippen LogP contribution is -2.60. The summed E-state index contributed by atoms with van der Waals surface area (Å²) >= 11 is 0. The number of aliphatic hydroxyl groups is 3. The molecule has 1 saturated carbocycles. The molecule has 6 rings (SSSR count). The van der Waals surface area contributed by atoms with Gasteiger partial charge in [-0.15, -0.1) is 0 Å². The van der Waals surface area contributed by atoms with Gasteiger partial charge in [0.15, 0.2) is 5.60 Å². The third kappa shape index (κ3) is 3.13. The van der Waals surface area contributed by atoms with Crippen molar-refractivity contribution in [3.8, 4) is 16.9 Å². The summed E-state index contributed by atoms with van der Waals surface area (Å²) in [7, 11) is 3.37. The molecule has 0 aromatic heterocycles. The summed E-state index contributed by atoms with van der Waals surface area (Å²) in [6, 6.07) is 10.0. The van der Waals surface area contributed by atoms with Crippen molar-refractivity contribution in [2.75, 3.05) is 14.1 Å². The summed E-state index contributed by atoms with van der Waals surface area (Å²) < 4.78 is 5.67. The molecular formula is C29H29N3O7. The molecule has 1 spiro atoms. The fraction of sp³-hybridized carbons (Fsp3) is 0.310. The normalized spacial score (nSPS) is 31.2. The van der Waals surface area contributed by atoms with Crippen molar-refractivity contribution in [1.29, 1.82) is 0 Å². The molecule has 2 aromatic carbocycles. The third-order valence-electron chi connectivity index (χ3n) is 8.60. The van der Waals surface area contributed by atoms with E-state index in [-0.39, 0.29) is 23.3 Å². The molecule has 1 saturated heterocycles. The maximum atomic E-state index is 14.1. The highest BCUT2D eigenvalue weighted by Gasteiger charge is 2.85. The van der Waals surface area contributed by atoms with Crippen LogP contribution in [0.1, 0.15) is 23.1 Å². The van der Waals surface area contributed by atoms with E-state index in [1.165, 1.54) is 12.3 Å². The van der Waals surface area contributed by atoms with Gasteiger partial charge in [-0.1, -0.05) is 24.3 Å². The first-order valence-electron chi connectivity index (χ1n) is 12.6. The predicted molar refractivity (Wildman–Crippen MR) is 142 cm³/mol. The number of ketones is 1. The average molecular weight is 532 g/mol. The van der Waals surface area contributed by atoms with E-state index in [0.717, 1.165) is 16.7 Å².